The van der Waals surface area contributed by atoms with Crippen LogP contribution in [0.15, 0.2) is 6.07 Å². The van der Waals surface area contributed by atoms with Gasteiger partial charge in [-0.2, -0.15) is 5.10 Å². The molecule has 0 aromatic carbocycles. The Morgan fingerprint density at radius 2 is 1.85 bits per heavy atom. The Kier molecular flexibility index (Phi) is 6.36. The molecule has 27 heavy (non-hydrogen) atoms. The molecule has 8 heteroatoms. The van der Waals surface area contributed by atoms with Crippen molar-refractivity contribution >= 4 is 11.9 Å². The van der Waals surface area contributed by atoms with Crippen molar-refractivity contribution in [2.24, 2.45) is 0 Å². The lowest BCUT2D eigenvalue weighted by molar-refractivity contribution is -0.126. The quantitative estimate of drug-likeness (QED) is 0.859. The average molecular weight is 377 g/mol. The summed E-state index contributed by atoms with van der Waals surface area (Å²) in [5, 5.41) is 7.62. The van der Waals surface area contributed by atoms with Gasteiger partial charge in [-0.25, -0.2) is 4.79 Å². The minimum atomic E-state index is -0.103. The summed E-state index contributed by atoms with van der Waals surface area (Å²) in [7, 11) is 3.53. The van der Waals surface area contributed by atoms with Crippen molar-refractivity contribution in [3.63, 3.8) is 0 Å². The maximum absolute atomic E-state index is 12.5. The number of fused-ring (bicyclic) bond motifs is 1. The summed E-state index contributed by atoms with van der Waals surface area (Å²) in [4.78, 5) is 30.4. The molecule has 1 saturated heterocycles. The topological polar surface area (TPSA) is 73.7 Å². The van der Waals surface area contributed by atoms with E-state index >= 15 is 0 Å². The summed E-state index contributed by atoms with van der Waals surface area (Å²) < 4.78 is 1.94. The third-order valence-electron chi connectivity index (χ3n) is 5.51. The highest BCUT2D eigenvalue weighted by atomic mass is 16.2. The second-order valence-corrected chi connectivity index (χ2v) is 7.79. The number of nitrogens with one attached hydrogen (secondary N) is 1. The lowest BCUT2D eigenvalue weighted by Crippen LogP contribution is -2.45. The highest BCUT2D eigenvalue weighted by molar-refractivity contribution is 5.81. The molecule has 8 nitrogen and oxygen atoms in total. The Labute approximate surface area is 161 Å². The smallest absolute Gasteiger partial charge is 0.319 e. The molecular weight excluding hydrogens is 344 g/mol. The molecule has 3 rings (SSSR count). The fourth-order valence-electron chi connectivity index (χ4n) is 3.83. The second-order valence-electron chi connectivity index (χ2n) is 7.79. The number of carbonyl (C=O) groups excluding carboxylic acids is 2. The number of rotatable bonds is 4. The fourth-order valence-corrected chi connectivity index (χ4v) is 3.83. The molecule has 0 bridgehead atoms. The van der Waals surface area contributed by atoms with Crippen LogP contribution < -0.4 is 5.32 Å². The summed E-state index contributed by atoms with van der Waals surface area (Å²) in [5.41, 5.74) is 1.86. The van der Waals surface area contributed by atoms with Crippen LogP contribution in [0.3, 0.4) is 0 Å². The first-order valence-electron chi connectivity index (χ1n) is 9.99. The van der Waals surface area contributed by atoms with E-state index in [0.29, 0.717) is 26.2 Å². The van der Waals surface area contributed by atoms with Crippen molar-refractivity contribution in [1.82, 2.24) is 29.8 Å². The Bertz CT molecular complexity index is 663. The monoisotopic (exact) mass is 376 g/mol. The van der Waals surface area contributed by atoms with E-state index in [-0.39, 0.29) is 18.0 Å². The Morgan fingerprint density at radius 3 is 2.52 bits per heavy atom. The van der Waals surface area contributed by atoms with Crippen molar-refractivity contribution in [3.8, 4) is 0 Å². The van der Waals surface area contributed by atoms with E-state index in [4.69, 9.17) is 0 Å². The van der Waals surface area contributed by atoms with Gasteiger partial charge in [0, 0.05) is 20.6 Å². The highest BCUT2D eigenvalue weighted by Gasteiger charge is 2.24. The molecule has 1 aromatic rings. The van der Waals surface area contributed by atoms with Gasteiger partial charge in [-0.15, -0.1) is 0 Å². The number of amides is 3. The van der Waals surface area contributed by atoms with Crippen molar-refractivity contribution in [2.45, 2.75) is 58.3 Å². The highest BCUT2D eigenvalue weighted by Crippen LogP contribution is 2.15. The first-order chi connectivity index (χ1) is 13.0. The van der Waals surface area contributed by atoms with Crippen molar-refractivity contribution in [2.75, 3.05) is 33.7 Å². The number of hydrogen-bond donors (Lipinski definition) is 1. The molecule has 1 fully saturated rings. The lowest BCUT2D eigenvalue weighted by atomic mass is 10.2. The van der Waals surface area contributed by atoms with Crippen LogP contribution in [0.2, 0.25) is 0 Å². The van der Waals surface area contributed by atoms with Crippen molar-refractivity contribution in [3.05, 3.63) is 17.5 Å². The van der Waals surface area contributed by atoms with Crippen molar-refractivity contribution < 1.29 is 9.59 Å². The number of hydrogen-bond acceptors (Lipinski definition) is 4. The average Bonchev–Trinajstić information content (AvgIpc) is 2.87. The zero-order valence-corrected chi connectivity index (χ0v) is 16.8. The van der Waals surface area contributed by atoms with Crippen LogP contribution >= 0.6 is 0 Å². The number of carbonyl (C=O) groups is 2. The molecule has 0 saturated carbocycles. The standard InChI is InChI=1S/C19H32N6O2/c1-15(23-8-6-4-5-7-9-23)18(26)20-13-16-12-17-14-24(19(27)22(2)3)10-11-25(17)21-16/h12,15H,4-11,13-14H2,1-3H3,(H,20,26). The van der Waals surface area contributed by atoms with Crippen LogP contribution in [-0.2, 0) is 24.4 Å². The van der Waals surface area contributed by atoms with Gasteiger partial charge < -0.3 is 15.1 Å². The molecule has 0 aliphatic carbocycles. The van der Waals surface area contributed by atoms with E-state index in [2.05, 4.69) is 15.3 Å². The van der Waals surface area contributed by atoms with Gasteiger partial charge >= 0.3 is 6.03 Å². The minimum absolute atomic E-state index is 0.0172. The molecule has 2 aliphatic heterocycles. The Morgan fingerprint density at radius 1 is 1.15 bits per heavy atom. The maximum Gasteiger partial charge on any atom is 0.319 e. The van der Waals surface area contributed by atoms with Crippen LogP contribution in [0.1, 0.15) is 44.0 Å². The van der Waals surface area contributed by atoms with E-state index in [1.807, 2.05) is 22.6 Å². The molecule has 1 unspecified atom stereocenters. The van der Waals surface area contributed by atoms with Crippen LogP contribution in [-0.4, -0.2) is 76.2 Å². The molecule has 2 aliphatic rings. The van der Waals surface area contributed by atoms with E-state index in [0.717, 1.165) is 24.5 Å². The van der Waals surface area contributed by atoms with Crippen LogP contribution in [0.25, 0.3) is 0 Å². The van der Waals surface area contributed by atoms with E-state index in [1.54, 1.807) is 19.0 Å². The van der Waals surface area contributed by atoms with Crippen LogP contribution in [0, 0.1) is 0 Å². The first kappa shape index (κ1) is 19.7. The minimum Gasteiger partial charge on any atom is -0.349 e. The van der Waals surface area contributed by atoms with Crippen molar-refractivity contribution in [1.29, 1.82) is 0 Å². The first-order valence-corrected chi connectivity index (χ1v) is 9.99. The van der Waals surface area contributed by atoms with Gasteiger partial charge in [-0.1, -0.05) is 12.8 Å². The predicted octanol–water partition coefficient (Wildman–Crippen LogP) is 1.26. The summed E-state index contributed by atoms with van der Waals surface area (Å²) >= 11 is 0. The van der Waals surface area contributed by atoms with Gasteiger partial charge in [0.25, 0.3) is 0 Å². The summed E-state index contributed by atoms with van der Waals surface area (Å²) in [6, 6.07) is 1.91. The summed E-state index contributed by atoms with van der Waals surface area (Å²) in [6.45, 7) is 6.33. The third kappa shape index (κ3) is 4.80. The largest absolute Gasteiger partial charge is 0.349 e. The molecule has 150 valence electrons. The van der Waals surface area contributed by atoms with Gasteiger partial charge in [-0.3, -0.25) is 14.4 Å². The molecule has 1 atom stereocenters. The zero-order valence-electron chi connectivity index (χ0n) is 16.8. The second kappa shape index (κ2) is 8.73. The van der Waals surface area contributed by atoms with E-state index in [1.165, 1.54) is 25.7 Å². The molecule has 1 N–H and O–H groups in total. The van der Waals surface area contributed by atoms with Gasteiger partial charge in [0.1, 0.15) is 0 Å². The molecule has 3 amide bonds. The number of urea groups is 1. The maximum atomic E-state index is 12.5. The van der Waals surface area contributed by atoms with E-state index < -0.39 is 0 Å². The Balaban J connectivity index is 1.53. The summed E-state index contributed by atoms with van der Waals surface area (Å²) in [5.74, 6) is 0.0623. The molecule has 3 heterocycles. The van der Waals surface area contributed by atoms with Crippen LogP contribution in [0.4, 0.5) is 4.79 Å². The SMILES string of the molecule is CC(C(=O)NCc1cc2n(n1)CCN(C(=O)N(C)C)C2)N1CCCCCC1. The normalized spacial score (nSPS) is 19.1. The Hall–Kier alpha value is -2.09. The summed E-state index contributed by atoms with van der Waals surface area (Å²) in [6.07, 6.45) is 4.87. The third-order valence-corrected chi connectivity index (χ3v) is 5.51. The molecule has 1 aromatic heterocycles. The van der Waals surface area contributed by atoms with Crippen LogP contribution in [0.5, 0.6) is 0 Å². The molecular formula is C19H32N6O2. The number of aromatic nitrogens is 2. The van der Waals surface area contributed by atoms with Gasteiger partial charge in [-0.05, 0) is 38.9 Å². The van der Waals surface area contributed by atoms with Gasteiger partial charge in [0.2, 0.25) is 5.91 Å². The van der Waals surface area contributed by atoms with Gasteiger partial charge in [0.15, 0.2) is 0 Å². The molecule has 0 radical (unpaired) electrons. The number of likely N-dealkylation sites (tertiary alicyclic amines) is 1. The predicted molar refractivity (Wildman–Crippen MR) is 103 cm³/mol. The number of nitrogens with zero attached hydrogens (tertiary/aromatic N) is 5. The lowest BCUT2D eigenvalue weighted by Gasteiger charge is -2.29. The van der Waals surface area contributed by atoms with E-state index in [9.17, 15) is 9.59 Å². The van der Waals surface area contributed by atoms with Gasteiger partial charge in [0.05, 0.1) is 37.1 Å². The fraction of sp³-hybridized carbons (Fsp3) is 0.737. The molecule has 0 spiro atoms. The zero-order chi connectivity index (χ0) is 19.4.